The van der Waals surface area contributed by atoms with Crippen LogP contribution in [0.2, 0.25) is 0 Å². The summed E-state index contributed by atoms with van der Waals surface area (Å²) in [5.74, 6) is 0. The molecule has 17 heavy (non-hydrogen) atoms. The molecule has 0 fully saturated rings. The average Bonchev–Trinajstić information content (AvgIpc) is 2.38. The van der Waals surface area contributed by atoms with Gasteiger partial charge in [-0.1, -0.05) is 12.1 Å². The first-order valence-electron chi connectivity index (χ1n) is 5.57. The van der Waals surface area contributed by atoms with Gasteiger partial charge in [-0.3, -0.25) is 0 Å². The normalized spacial score (nSPS) is 14.0. The zero-order valence-corrected chi connectivity index (χ0v) is 10.2. The van der Waals surface area contributed by atoms with E-state index in [4.69, 9.17) is 15.1 Å². The number of hydrogen-bond acceptors (Lipinski definition) is 4. The van der Waals surface area contributed by atoms with E-state index >= 15 is 0 Å². The van der Waals surface area contributed by atoms with Gasteiger partial charge >= 0.3 is 0 Å². The molecule has 4 heteroatoms. The summed E-state index contributed by atoms with van der Waals surface area (Å²) in [5, 5.41) is 21.1. The standard InChI is InChI=1S/C13H18N2O2/c1-10(15-13(8-16)9-17-2)12-5-3-11(7-14)4-6-12/h3-6,10,13,15-16H,8-9H2,1-2H3. The molecule has 0 aliphatic rings. The van der Waals surface area contributed by atoms with Crippen LogP contribution in [0.5, 0.6) is 0 Å². The van der Waals surface area contributed by atoms with Crippen LogP contribution in [0, 0.1) is 11.3 Å². The number of nitrogens with one attached hydrogen (secondary N) is 1. The van der Waals surface area contributed by atoms with Crippen molar-refractivity contribution in [2.24, 2.45) is 0 Å². The minimum absolute atomic E-state index is 0.0362. The minimum Gasteiger partial charge on any atom is -0.395 e. The molecule has 0 bridgehead atoms. The predicted octanol–water partition coefficient (Wildman–Crippen LogP) is 1.22. The summed E-state index contributed by atoms with van der Waals surface area (Å²) < 4.78 is 5.00. The molecule has 0 saturated heterocycles. The molecule has 0 radical (unpaired) electrons. The van der Waals surface area contributed by atoms with Gasteiger partial charge in [-0.15, -0.1) is 0 Å². The first kappa shape index (κ1) is 13.7. The largest absolute Gasteiger partial charge is 0.395 e. The van der Waals surface area contributed by atoms with E-state index in [9.17, 15) is 0 Å². The Morgan fingerprint density at radius 1 is 1.41 bits per heavy atom. The second-order valence-corrected chi connectivity index (χ2v) is 3.96. The number of hydrogen-bond donors (Lipinski definition) is 2. The summed E-state index contributed by atoms with van der Waals surface area (Å²) in [6.07, 6.45) is 0. The molecule has 4 nitrogen and oxygen atoms in total. The molecule has 0 saturated carbocycles. The van der Waals surface area contributed by atoms with Gasteiger partial charge in [0, 0.05) is 13.2 Å². The van der Waals surface area contributed by atoms with Gasteiger partial charge in [0.05, 0.1) is 30.9 Å². The monoisotopic (exact) mass is 234 g/mol. The van der Waals surface area contributed by atoms with E-state index in [1.54, 1.807) is 19.2 Å². The molecule has 2 unspecified atom stereocenters. The second kappa shape index (κ2) is 7.02. The summed E-state index contributed by atoms with van der Waals surface area (Å²) in [5.41, 5.74) is 1.73. The van der Waals surface area contributed by atoms with Crippen LogP contribution in [-0.2, 0) is 4.74 Å². The number of methoxy groups -OCH3 is 1. The molecular formula is C13H18N2O2. The topological polar surface area (TPSA) is 65.3 Å². The van der Waals surface area contributed by atoms with Gasteiger partial charge < -0.3 is 15.2 Å². The second-order valence-electron chi connectivity index (χ2n) is 3.96. The van der Waals surface area contributed by atoms with Crippen LogP contribution in [-0.4, -0.2) is 31.5 Å². The summed E-state index contributed by atoms with van der Waals surface area (Å²) in [4.78, 5) is 0. The Balaban J connectivity index is 2.62. The van der Waals surface area contributed by atoms with Gasteiger partial charge in [0.2, 0.25) is 0 Å². The fourth-order valence-corrected chi connectivity index (χ4v) is 1.65. The maximum absolute atomic E-state index is 9.15. The molecule has 0 heterocycles. The smallest absolute Gasteiger partial charge is 0.0991 e. The summed E-state index contributed by atoms with van der Waals surface area (Å²) in [6, 6.07) is 9.52. The number of rotatable bonds is 6. The highest BCUT2D eigenvalue weighted by atomic mass is 16.5. The van der Waals surface area contributed by atoms with Crippen LogP contribution in [0.3, 0.4) is 0 Å². The summed E-state index contributed by atoms with van der Waals surface area (Å²) >= 11 is 0. The molecule has 2 N–H and O–H groups in total. The highest BCUT2D eigenvalue weighted by Gasteiger charge is 2.12. The van der Waals surface area contributed by atoms with Crippen molar-refractivity contribution >= 4 is 0 Å². The third-order valence-electron chi connectivity index (χ3n) is 2.61. The Morgan fingerprint density at radius 2 is 2.06 bits per heavy atom. The Bertz CT molecular complexity index is 370. The van der Waals surface area contributed by atoms with Crippen LogP contribution in [0.1, 0.15) is 24.1 Å². The van der Waals surface area contributed by atoms with Gasteiger partial charge in [0.15, 0.2) is 0 Å². The van der Waals surface area contributed by atoms with Gasteiger partial charge in [-0.25, -0.2) is 0 Å². The SMILES string of the molecule is COCC(CO)NC(C)c1ccc(C#N)cc1. The third kappa shape index (κ3) is 4.16. The third-order valence-corrected chi connectivity index (χ3v) is 2.61. The summed E-state index contributed by atoms with van der Waals surface area (Å²) in [6.45, 7) is 2.52. The van der Waals surface area contributed by atoms with E-state index in [0.29, 0.717) is 12.2 Å². The van der Waals surface area contributed by atoms with E-state index in [1.165, 1.54) is 0 Å². The molecule has 0 aliphatic carbocycles. The van der Waals surface area contributed by atoms with Crippen molar-refractivity contribution in [3.63, 3.8) is 0 Å². The molecule has 0 aromatic heterocycles. The van der Waals surface area contributed by atoms with E-state index in [2.05, 4.69) is 11.4 Å². The van der Waals surface area contributed by atoms with Crippen molar-refractivity contribution in [3.8, 4) is 6.07 Å². The average molecular weight is 234 g/mol. The number of nitrogens with zero attached hydrogens (tertiary/aromatic N) is 1. The summed E-state index contributed by atoms with van der Waals surface area (Å²) in [7, 11) is 1.61. The van der Waals surface area contributed by atoms with Gasteiger partial charge in [0.1, 0.15) is 0 Å². The van der Waals surface area contributed by atoms with Crippen LogP contribution in [0.4, 0.5) is 0 Å². The molecule has 2 atom stereocenters. The Kier molecular flexibility index (Phi) is 5.64. The first-order valence-corrected chi connectivity index (χ1v) is 5.57. The quantitative estimate of drug-likeness (QED) is 0.776. The lowest BCUT2D eigenvalue weighted by Crippen LogP contribution is -2.38. The number of benzene rings is 1. The Hall–Kier alpha value is -1.41. The van der Waals surface area contributed by atoms with Crippen molar-refractivity contribution in [1.29, 1.82) is 5.26 Å². The van der Waals surface area contributed by atoms with Crippen molar-refractivity contribution in [3.05, 3.63) is 35.4 Å². The molecular weight excluding hydrogens is 216 g/mol. The molecule has 0 amide bonds. The Morgan fingerprint density at radius 3 is 2.53 bits per heavy atom. The lowest BCUT2D eigenvalue weighted by Gasteiger charge is -2.21. The molecule has 92 valence electrons. The number of aliphatic hydroxyl groups excluding tert-OH is 1. The first-order chi connectivity index (χ1) is 8.21. The lowest BCUT2D eigenvalue weighted by molar-refractivity contribution is 0.123. The Labute approximate surface area is 102 Å². The molecule has 1 rings (SSSR count). The molecule has 0 aliphatic heterocycles. The zero-order valence-electron chi connectivity index (χ0n) is 10.2. The van der Waals surface area contributed by atoms with Crippen molar-refractivity contribution < 1.29 is 9.84 Å². The highest BCUT2D eigenvalue weighted by Crippen LogP contribution is 2.13. The van der Waals surface area contributed by atoms with Crippen LogP contribution < -0.4 is 5.32 Å². The fourth-order valence-electron chi connectivity index (χ4n) is 1.65. The van der Waals surface area contributed by atoms with Crippen LogP contribution >= 0.6 is 0 Å². The van der Waals surface area contributed by atoms with Gasteiger partial charge in [-0.2, -0.15) is 5.26 Å². The lowest BCUT2D eigenvalue weighted by atomic mass is 10.1. The van der Waals surface area contributed by atoms with Crippen LogP contribution in [0.25, 0.3) is 0 Å². The number of ether oxygens (including phenoxy) is 1. The van der Waals surface area contributed by atoms with E-state index in [0.717, 1.165) is 5.56 Å². The fraction of sp³-hybridized carbons (Fsp3) is 0.462. The maximum Gasteiger partial charge on any atom is 0.0991 e. The predicted molar refractivity (Wildman–Crippen MR) is 65.5 cm³/mol. The van der Waals surface area contributed by atoms with Crippen molar-refractivity contribution in [1.82, 2.24) is 5.32 Å². The molecule has 0 spiro atoms. The zero-order chi connectivity index (χ0) is 12.7. The van der Waals surface area contributed by atoms with Gasteiger partial charge in [0.25, 0.3) is 0 Å². The highest BCUT2D eigenvalue weighted by molar-refractivity contribution is 5.32. The maximum atomic E-state index is 9.15. The number of aliphatic hydroxyl groups is 1. The molecule has 1 aromatic carbocycles. The minimum atomic E-state index is -0.0781. The van der Waals surface area contributed by atoms with Crippen LogP contribution in [0.15, 0.2) is 24.3 Å². The van der Waals surface area contributed by atoms with Crippen molar-refractivity contribution in [2.45, 2.75) is 19.0 Å². The van der Waals surface area contributed by atoms with Gasteiger partial charge in [-0.05, 0) is 24.6 Å². The van der Waals surface area contributed by atoms with E-state index < -0.39 is 0 Å². The molecule has 1 aromatic rings. The van der Waals surface area contributed by atoms with Crippen molar-refractivity contribution in [2.75, 3.05) is 20.3 Å². The van der Waals surface area contributed by atoms with E-state index in [1.807, 2.05) is 19.1 Å². The number of nitriles is 1. The van der Waals surface area contributed by atoms with E-state index in [-0.39, 0.29) is 18.7 Å².